The molecule has 0 bridgehead atoms. The molecule has 1 rings (SSSR count). The van der Waals surface area contributed by atoms with Crippen molar-refractivity contribution in [1.82, 2.24) is 0 Å². The maximum Gasteiger partial charge on any atom is 0.104 e. The average Bonchev–Trinajstić information content (AvgIpc) is 3.25. The first-order chi connectivity index (χ1) is 8.86. The lowest BCUT2D eigenvalue weighted by Gasteiger charge is -2.45. The second-order valence-electron chi connectivity index (χ2n) is 6.80. The molecule has 5 unspecified atom stereocenters. The molecule has 0 spiro atoms. The Labute approximate surface area is 120 Å². The Morgan fingerprint density at radius 1 is 1.05 bits per heavy atom. The van der Waals surface area contributed by atoms with E-state index in [1.165, 1.54) is 12.8 Å². The maximum absolute atomic E-state index is 6.40. The first kappa shape index (κ1) is 17.0. The Hall–Kier alpha value is -0.0800. The summed E-state index contributed by atoms with van der Waals surface area (Å²) in [6, 6.07) is 0. The molecule has 19 heavy (non-hydrogen) atoms. The molecule has 2 nitrogen and oxygen atoms in total. The number of hydrogen-bond acceptors (Lipinski definition) is 2. The molecule has 0 amide bonds. The molecule has 0 saturated carbocycles. The highest BCUT2D eigenvalue weighted by Crippen LogP contribution is 2.40. The highest BCUT2D eigenvalue weighted by atomic mass is 16.6. The van der Waals surface area contributed by atoms with Crippen LogP contribution < -0.4 is 0 Å². The van der Waals surface area contributed by atoms with Crippen molar-refractivity contribution >= 4 is 0 Å². The third-order valence-electron chi connectivity index (χ3n) is 5.79. The summed E-state index contributed by atoms with van der Waals surface area (Å²) in [7, 11) is 0. The van der Waals surface area contributed by atoms with Gasteiger partial charge in [-0.25, -0.2) is 0 Å². The third-order valence-corrected chi connectivity index (χ3v) is 5.79. The molecule has 1 aliphatic rings. The predicted octanol–water partition coefficient (Wildman–Crippen LogP) is 4.52. The van der Waals surface area contributed by atoms with Crippen molar-refractivity contribution in [3.8, 4) is 0 Å². The van der Waals surface area contributed by atoms with Gasteiger partial charge in [-0.2, -0.15) is 0 Å². The first-order valence-electron chi connectivity index (χ1n) is 8.12. The van der Waals surface area contributed by atoms with E-state index in [1.54, 1.807) is 0 Å². The van der Waals surface area contributed by atoms with Crippen LogP contribution in [0.1, 0.15) is 61.3 Å². The van der Waals surface area contributed by atoms with Crippen molar-refractivity contribution in [2.75, 3.05) is 13.2 Å². The minimum atomic E-state index is -0.0448. The van der Waals surface area contributed by atoms with Gasteiger partial charge in [0.1, 0.15) is 6.10 Å². The molecule has 0 radical (unpaired) electrons. The second kappa shape index (κ2) is 7.08. The second-order valence-corrected chi connectivity index (χ2v) is 6.80. The van der Waals surface area contributed by atoms with Gasteiger partial charge >= 0.3 is 0 Å². The van der Waals surface area contributed by atoms with Crippen molar-refractivity contribution in [3.63, 3.8) is 0 Å². The van der Waals surface area contributed by atoms with Crippen LogP contribution in [0.25, 0.3) is 0 Å². The van der Waals surface area contributed by atoms with Crippen molar-refractivity contribution in [2.45, 2.75) is 73.0 Å². The van der Waals surface area contributed by atoms with Gasteiger partial charge < -0.3 is 9.47 Å². The minimum Gasteiger partial charge on any atom is -0.372 e. The molecular formula is C17H34O2. The zero-order chi connectivity index (χ0) is 14.6. The van der Waals surface area contributed by atoms with Gasteiger partial charge in [0.25, 0.3) is 0 Å². The van der Waals surface area contributed by atoms with Crippen molar-refractivity contribution in [2.24, 2.45) is 23.7 Å². The van der Waals surface area contributed by atoms with Crippen LogP contribution in [-0.2, 0) is 9.47 Å². The predicted molar refractivity (Wildman–Crippen MR) is 81.3 cm³/mol. The largest absolute Gasteiger partial charge is 0.372 e. The Morgan fingerprint density at radius 3 is 1.79 bits per heavy atom. The zero-order valence-electron chi connectivity index (χ0n) is 14.0. The molecular weight excluding hydrogens is 236 g/mol. The van der Waals surface area contributed by atoms with Gasteiger partial charge in [-0.1, -0.05) is 54.4 Å². The highest BCUT2D eigenvalue weighted by molar-refractivity contribution is 4.91. The maximum atomic E-state index is 6.40. The van der Waals surface area contributed by atoms with Crippen molar-refractivity contribution in [3.05, 3.63) is 0 Å². The van der Waals surface area contributed by atoms with Crippen molar-refractivity contribution < 1.29 is 9.47 Å². The molecule has 0 N–H and O–H groups in total. The Morgan fingerprint density at radius 2 is 1.47 bits per heavy atom. The average molecular weight is 270 g/mol. The standard InChI is InChI=1S/C17H34O2/c1-8-12(3)14(5)17(7,15(6)13(4)9-2)19-11-16-10-18-16/h12-16H,8-11H2,1-7H3. The lowest BCUT2D eigenvalue weighted by molar-refractivity contribution is -0.133. The van der Waals surface area contributed by atoms with Crippen LogP contribution in [0.15, 0.2) is 0 Å². The molecule has 0 aliphatic carbocycles. The SMILES string of the molecule is CCC(C)C(C)C(C)(OCC1CO1)C(C)C(C)CC. The van der Waals surface area contributed by atoms with E-state index in [0.717, 1.165) is 13.2 Å². The third kappa shape index (κ3) is 4.19. The smallest absolute Gasteiger partial charge is 0.104 e. The summed E-state index contributed by atoms with van der Waals surface area (Å²) in [6.07, 6.45) is 2.79. The summed E-state index contributed by atoms with van der Waals surface area (Å²) < 4.78 is 11.7. The Kier molecular flexibility index (Phi) is 6.32. The first-order valence-corrected chi connectivity index (χ1v) is 8.12. The molecule has 0 aromatic heterocycles. The van der Waals surface area contributed by atoms with Gasteiger partial charge in [-0.3, -0.25) is 0 Å². The molecule has 1 heterocycles. The van der Waals surface area contributed by atoms with Crippen molar-refractivity contribution in [1.29, 1.82) is 0 Å². The van der Waals surface area contributed by atoms with E-state index in [2.05, 4.69) is 48.5 Å². The van der Waals surface area contributed by atoms with Gasteiger partial charge in [-0.05, 0) is 30.6 Å². The normalized spacial score (nSPS) is 28.3. The molecule has 0 aromatic carbocycles. The number of ether oxygens (including phenoxy) is 2. The summed E-state index contributed by atoms with van der Waals surface area (Å²) in [6.45, 7) is 17.9. The molecule has 1 aliphatic heterocycles. The van der Waals surface area contributed by atoms with Gasteiger partial charge in [0.05, 0.1) is 18.8 Å². The lowest BCUT2D eigenvalue weighted by Crippen LogP contribution is -2.48. The van der Waals surface area contributed by atoms with E-state index in [-0.39, 0.29) is 5.60 Å². The molecule has 0 aromatic rings. The zero-order valence-corrected chi connectivity index (χ0v) is 14.0. The quantitative estimate of drug-likeness (QED) is 0.574. The van der Waals surface area contributed by atoms with E-state index in [4.69, 9.17) is 9.47 Å². The summed E-state index contributed by atoms with van der Waals surface area (Å²) in [5.41, 5.74) is -0.0448. The number of hydrogen-bond donors (Lipinski definition) is 0. The van der Waals surface area contributed by atoms with Gasteiger partial charge in [-0.15, -0.1) is 0 Å². The molecule has 5 atom stereocenters. The molecule has 2 heteroatoms. The van der Waals surface area contributed by atoms with Gasteiger partial charge in [0.15, 0.2) is 0 Å². The van der Waals surface area contributed by atoms with Crippen LogP contribution in [0.5, 0.6) is 0 Å². The van der Waals surface area contributed by atoms with Crippen LogP contribution >= 0.6 is 0 Å². The van der Waals surface area contributed by atoms with E-state index < -0.39 is 0 Å². The Balaban J connectivity index is 2.79. The minimum absolute atomic E-state index is 0.0448. The van der Waals surface area contributed by atoms with Crippen LogP contribution in [0.2, 0.25) is 0 Å². The highest BCUT2D eigenvalue weighted by Gasteiger charge is 2.42. The fourth-order valence-electron chi connectivity index (χ4n) is 2.95. The fraction of sp³-hybridized carbons (Fsp3) is 1.00. The lowest BCUT2D eigenvalue weighted by atomic mass is 9.69. The Bertz CT molecular complexity index is 244. The summed E-state index contributed by atoms with van der Waals surface area (Å²) in [5, 5.41) is 0. The monoisotopic (exact) mass is 270 g/mol. The fourth-order valence-corrected chi connectivity index (χ4v) is 2.95. The van der Waals surface area contributed by atoms with E-state index in [0.29, 0.717) is 29.8 Å². The van der Waals surface area contributed by atoms with Gasteiger partial charge in [0, 0.05) is 0 Å². The van der Waals surface area contributed by atoms with Crippen LogP contribution in [0.4, 0.5) is 0 Å². The molecule has 1 saturated heterocycles. The number of rotatable bonds is 9. The summed E-state index contributed by atoms with van der Waals surface area (Å²) in [5.74, 6) is 2.52. The molecule has 1 fully saturated rings. The number of epoxide rings is 1. The van der Waals surface area contributed by atoms with E-state index >= 15 is 0 Å². The van der Waals surface area contributed by atoms with Crippen LogP contribution in [0, 0.1) is 23.7 Å². The van der Waals surface area contributed by atoms with Gasteiger partial charge in [0.2, 0.25) is 0 Å². The summed E-state index contributed by atoms with van der Waals surface area (Å²) >= 11 is 0. The molecule has 114 valence electrons. The topological polar surface area (TPSA) is 21.8 Å². The van der Waals surface area contributed by atoms with E-state index in [9.17, 15) is 0 Å². The van der Waals surface area contributed by atoms with E-state index in [1.807, 2.05) is 0 Å². The van der Waals surface area contributed by atoms with Crippen LogP contribution in [0.3, 0.4) is 0 Å². The summed E-state index contributed by atoms with van der Waals surface area (Å²) in [4.78, 5) is 0. The van der Waals surface area contributed by atoms with Crippen LogP contribution in [-0.4, -0.2) is 24.9 Å².